The van der Waals surface area contributed by atoms with Crippen LogP contribution in [-0.2, 0) is 0 Å². The lowest BCUT2D eigenvalue weighted by molar-refractivity contribution is 0.313. The molecule has 0 saturated heterocycles. The maximum Gasteiger partial charge on any atom is 0.169 e. The third-order valence-corrected chi connectivity index (χ3v) is 4.29. The summed E-state index contributed by atoms with van der Waals surface area (Å²) in [7, 11) is 4.93. The Morgan fingerprint density at radius 3 is 2.20 bits per heavy atom. The van der Waals surface area contributed by atoms with Crippen molar-refractivity contribution in [2.24, 2.45) is 0 Å². The van der Waals surface area contributed by atoms with Crippen LogP contribution >= 0.6 is 0 Å². The molecule has 0 aromatic heterocycles. The van der Waals surface area contributed by atoms with E-state index in [1.807, 2.05) is 43.3 Å². The average Bonchev–Trinajstić information content (AvgIpc) is 2.65. The van der Waals surface area contributed by atoms with Crippen LogP contribution in [-0.4, -0.2) is 27.9 Å². The molecule has 0 amide bonds. The number of ether oxygens (including phenoxy) is 4. The Balaban J connectivity index is 2.56. The molecule has 130 valence electrons. The second-order valence-electron chi connectivity index (χ2n) is 5.52. The van der Waals surface area contributed by atoms with Gasteiger partial charge in [-0.05, 0) is 36.1 Å². The zero-order valence-electron chi connectivity index (χ0n) is 15.0. The van der Waals surface area contributed by atoms with Crippen LogP contribution in [0.15, 0.2) is 36.9 Å². The van der Waals surface area contributed by atoms with E-state index in [2.05, 4.69) is 6.58 Å². The van der Waals surface area contributed by atoms with E-state index in [-0.39, 0.29) is 0 Å². The Kier molecular flexibility index (Phi) is 4.70. The maximum absolute atomic E-state index is 5.76. The van der Waals surface area contributed by atoms with Crippen molar-refractivity contribution < 1.29 is 18.9 Å². The van der Waals surface area contributed by atoms with Gasteiger partial charge in [0, 0.05) is 16.2 Å². The topological polar surface area (TPSA) is 36.9 Å². The summed E-state index contributed by atoms with van der Waals surface area (Å²) < 4.78 is 22.6. The van der Waals surface area contributed by atoms with Crippen molar-refractivity contribution in [2.75, 3.05) is 27.9 Å². The Morgan fingerprint density at radius 1 is 0.880 bits per heavy atom. The van der Waals surface area contributed by atoms with Gasteiger partial charge in [-0.15, -0.1) is 0 Å². The van der Waals surface area contributed by atoms with E-state index in [1.165, 1.54) is 0 Å². The third kappa shape index (κ3) is 2.64. The molecule has 4 nitrogen and oxygen atoms in total. The summed E-state index contributed by atoms with van der Waals surface area (Å²) in [6, 6.07) is 9.97. The Bertz CT molecular complexity index is 944. The van der Waals surface area contributed by atoms with Gasteiger partial charge in [-0.3, -0.25) is 0 Å². The largest absolute Gasteiger partial charge is 0.493 e. The van der Waals surface area contributed by atoms with E-state index in [1.54, 1.807) is 21.3 Å². The van der Waals surface area contributed by atoms with Gasteiger partial charge in [0.25, 0.3) is 0 Å². The molecular weight excluding hydrogens is 316 g/mol. The minimum Gasteiger partial charge on any atom is -0.493 e. The van der Waals surface area contributed by atoms with Gasteiger partial charge in [-0.1, -0.05) is 24.8 Å². The molecule has 3 aromatic carbocycles. The minimum absolute atomic E-state index is 0.559. The molecule has 0 heterocycles. The molecule has 25 heavy (non-hydrogen) atoms. The molecule has 3 rings (SSSR count). The van der Waals surface area contributed by atoms with Gasteiger partial charge in [-0.25, -0.2) is 0 Å². The number of benzene rings is 3. The summed E-state index contributed by atoms with van der Waals surface area (Å²) in [5, 5.41) is 3.97. The summed E-state index contributed by atoms with van der Waals surface area (Å²) in [4.78, 5) is 0. The molecule has 0 aliphatic rings. The van der Waals surface area contributed by atoms with Gasteiger partial charge in [-0.2, -0.15) is 0 Å². The molecule has 0 radical (unpaired) electrons. The first kappa shape index (κ1) is 17.0. The number of fused-ring (bicyclic) bond motifs is 3. The standard InChI is InChI=1S/C21H22O4/c1-6-13-12-17(25-7-2)20(23-4)15-10-8-14-9-11-16(22-3)21(24-5)19(14)18(13)15/h6,8-12H,1,7H2,2-5H3. The number of rotatable bonds is 6. The second-order valence-corrected chi connectivity index (χ2v) is 5.52. The molecule has 0 bridgehead atoms. The fraction of sp³-hybridized carbons (Fsp3) is 0.238. The van der Waals surface area contributed by atoms with E-state index < -0.39 is 0 Å². The Labute approximate surface area is 147 Å². The average molecular weight is 338 g/mol. The molecule has 0 atom stereocenters. The molecule has 0 saturated carbocycles. The predicted octanol–water partition coefficient (Wildman–Crippen LogP) is 5.06. The van der Waals surface area contributed by atoms with Gasteiger partial charge in [0.05, 0.1) is 27.9 Å². The minimum atomic E-state index is 0.559. The number of hydrogen-bond donors (Lipinski definition) is 0. The smallest absolute Gasteiger partial charge is 0.169 e. The highest BCUT2D eigenvalue weighted by molar-refractivity contribution is 6.16. The highest BCUT2D eigenvalue weighted by Gasteiger charge is 2.19. The van der Waals surface area contributed by atoms with Gasteiger partial charge < -0.3 is 18.9 Å². The van der Waals surface area contributed by atoms with Crippen molar-refractivity contribution in [3.05, 3.63) is 42.5 Å². The van der Waals surface area contributed by atoms with E-state index >= 15 is 0 Å². The molecule has 0 aliphatic heterocycles. The zero-order chi connectivity index (χ0) is 18.0. The fourth-order valence-corrected chi connectivity index (χ4v) is 3.27. The first-order chi connectivity index (χ1) is 12.2. The highest BCUT2D eigenvalue weighted by atomic mass is 16.5. The molecule has 0 fully saturated rings. The summed E-state index contributed by atoms with van der Waals surface area (Å²) in [6.07, 6.45) is 1.82. The van der Waals surface area contributed by atoms with Crippen LogP contribution in [0.2, 0.25) is 0 Å². The van der Waals surface area contributed by atoms with Crippen LogP contribution in [0.1, 0.15) is 12.5 Å². The number of hydrogen-bond acceptors (Lipinski definition) is 4. The van der Waals surface area contributed by atoms with E-state index in [9.17, 15) is 0 Å². The second kappa shape index (κ2) is 6.93. The monoisotopic (exact) mass is 338 g/mol. The van der Waals surface area contributed by atoms with Crippen LogP contribution in [0.5, 0.6) is 23.0 Å². The zero-order valence-corrected chi connectivity index (χ0v) is 15.0. The SMILES string of the molecule is C=Cc1cc(OCC)c(OC)c2ccc3ccc(OC)c(OC)c3c12. The van der Waals surface area contributed by atoms with Crippen molar-refractivity contribution >= 4 is 27.6 Å². The van der Waals surface area contributed by atoms with E-state index in [0.717, 1.165) is 27.1 Å². The first-order valence-corrected chi connectivity index (χ1v) is 8.13. The van der Waals surface area contributed by atoms with Crippen LogP contribution in [0.4, 0.5) is 0 Å². The van der Waals surface area contributed by atoms with Crippen molar-refractivity contribution in [1.29, 1.82) is 0 Å². The van der Waals surface area contributed by atoms with Gasteiger partial charge in [0.1, 0.15) is 0 Å². The molecule has 0 unspecified atom stereocenters. The Morgan fingerprint density at radius 2 is 1.60 bits per heavy atom. The van der Waals surface area contributed by atoms with Crippen LogP contribution < -0.4 is 18.9 Å². The quantitative estimate of drug-likeness (QED) is 0.589. The highest BCUT2D eigenvalue weighted by Crippen LogP contribution is 2.46. The summed E-state index contributed by atoms with van der Waals surface area (Å²) >= 11 is 0. The summed E-state index contributed by atoms with van der Waals surface area (Å²) in [6.45, 7) is 6.48. The van der Waals surface area contributed by atoms with E-state index in [4.69, 9.17) is 18.9 Å². The van der Waals surface area contributed by atoms with Gasteiger partial charge in [0.15, 0.2) is 23.0 Å². The van der Waals surface area contributed by atoms with Crippen LogP contribution in [0, 0.1) is 0 Å². The lowest BCUT2D eigenvalue weighted by Gasteiger charge is -2.18. The predicted molar refractivity (Wildman–Crippen MR) is 102 cm³/mol. The van der Waals surface area contributed by atoms with Crippen molar-refractivity contribution in [1.82, 2.24) is 0 Å². The summed E-state index contributed by atoms with van der Waals surface area (Å²) in [5.41, 5.74) is 0.955. The van der Waals surface area contributed by atoms with Gasteiger partial charge in [0.2, 0.25) is 0 Å². The van der Waals surface area contributed by atoms with E-state index in [0.29, 0.717) is 29.6 Å². The maximum atomic E-state index is 5.76. The fourth-order valence-electron chi connectivity index (χ4n) is 3.27. The molecule has 4 heteroatoms. The molecule has 3 aromatic rings. The molecule has 0 aliphatic carbocycles. The van der Waals surface area contributed by atoms with Crippen molar-refractivity contribution in [3.63, 3.8) is 0 Å². The molecule has 0 spiro atoms. The first-order valence-electron chi connectivity index (χ1n) is 8.13. The lowest BCUT2D eigenvalue weighted by atomic mass is 9.95. The molecule has 0 N–H and O–H groups in total. The molecular formula is C21H22O4. The van der Waals surface area contributed by atoms with Crippen molar-refractivity contribution in [2.45, 2.75) is 6.92 Å². The lowest BCUT2D eigenvalue weighted by Crippen LogP contribution is -1.98. The Hall–Kier alpha value is -2.88. The van der Waals surface area contributed by atoms with Crippen LogP contribution in [0.3, 0.4) is 0 Å². The van der Waals surface area contributed by atoms with Gasteiger partial charge >= 0.3 is 0 Å². The third-order valence-electron chi connectivity index (χ3n) is 4.29. The number of methoxy groups -OCH3 is 3. The summed E-state index contributed by atoms with van der Waals surface area (Å²) in [5.74, 6) is 2.79. The van der Waals surface area contributed by atoms with Crippen molar-refractivity contribution in [3.8, 4) is 23.0 Å². The van der Waals surface area contributed by atoms with Crippen LogP contribution in [0.25, 0.3) is 27.6 Å². The normalized spacial score (nSPS) is 10.7.